The van der Waals surface area contributed by atoms with Crippen LogP contribution < -0.4 is 0 Å². The molecule has 0 aliphatic rings. The van der Waals surface area contributed by atoms with E-state index in [4.69, 9.17) is 18.8 Å². The van der Waals surface area contributed by atoms with Crippen LogP contribution in [0, 0.1) is 16.5 Å². The largest absolute Gasteiger partial charge is 0.370 e. The maximum atomic E-state index is 12.5. The first-order valence-corrected chi connectivity index (χ1v) is 25.6. The summed E-state index contributed by atoms with van der Waals surface area (Å²) >= 11 is 1.44. The van der Waals surface area contributed by atoms with Gasteiger partial charge in [0.1, 0.15) is 0 Å². The van der Waals surface area contributed by atoms with E-state index in [2.05, 4.69) is 11.4 Å². The summed E-state index contributed by atoms with van der Waals surface area (Å²) in [7, 11) is -8.68. The van der Waals surface area contributed by atoms with Gasteiger partial charge in [-0.25, -0.2) is 4.67 Å². The number of rotatable bonds is 13. The molecular formula is C25H61F2N2O9P5SY. The average molecular weight is 848 g/mol. The number of hydrogen-bond donors (Lipinski definition) is 0. The van der Waals surface area contributed by atoms with Crippen molar-refractivity contribution in [3.05, 3.63) is 0 Å². The van der Waals surface area contributed by atoms with Crippen LogP contribution in [0.15, 0.2) is 0 Å². The van der Waals surface area contributed by atoms with E-state index in [9.17, 15) is 31.2 Å². The Morgan fingerprint density at radius 2 is 1.29 bits per heavy atom. The first kappa shape index (κ1) is 58.9. The van der Waals surface area contributed by atoms with Gasteiger partial charge in [-0.1, -0.05) is 46.0 Å². The van der Waals surface area contributed by atoms with Gasteiger partial charge >= 0.3 is 22.9 Å². The summed E-state index contributed by atoms with van der Waals surface area (Å²) in [6.45, 7) is 22.2. The molecule has 0 rings (SSSR count). The van der Waals surface area contributed by atoms with Gasteiger partial charge < -0.3 is 22.7 Å². The average Bonchev–Trinajstić information content (AvgIpc) is 2.78. The minimum absolute atomic E-state index is 0. The fourth-order valence-electron chi connectivity index (χ4n) is 1.79. The van der Waals surface area contributed by atoms with Crippen LogP contribution in [0.1, 0.15) is 75.2 Å². The summed E-state index contributed by atoms with van der Waals surface area (Å²) < 4.78 is 97.8. The van der Waals surface area contributed by atoms with Crippen molar-refractivity contribution in [2.24, 2.45) is 5.41 Å². The standard InChI is InChI=1S/C7H16FO2P.C6H13N2O2P.C6H15O2PS.C4H10FO2P.C2H7OP.Y/c1-6(7(2,3)4)10-11(5,8)9;1-4-5-10-11(9,6-7)8(2)3;1-4-6-10-9(3,7)8-5-2;1-4(2)7-8(3,5)6;1-4(2)3;/h6H,1-5H3;4-5H2,1-3H3;4-6H2,1-3H3;4H,1-3H3;4H,1-2H3;. The molecule has 11 nitrogen and oxygen atoms in total. The smallest absolute Gasteiger partial charge is 0.327 e. The number of hydrogen-bond acceptors (Lipinski definition) is 11. The molecule has 0 amide bonds. The summed E-state index contributed by atoms with van der Waals surface area (Å²) in [4.78, 5) is 0. The molecule has 0 aromatic rings. The molecule has 273 valence electrons. The fraction of sp³-hybridized carbons (Fsp3) is 0.960. The van der Waals surface area contributed by atoms with Crippen molar-refractivity contribution in [2.45, 2.75) is 87.4 Å². The molecule has 0 aliphatic heterocycles. The van der Waals surface area contributed by atoms with E-state index in [0.29, 0.717) is 13.2 Å². The number of nitriles is 1. The molecule has 5 unspecified atom stereocenters. The van der Waals surface area contributed by atoms with Crippen molar-refractivity contribution in [3.8, 4) is 5.81 Å². The molecule has 0 bridgehead atoms. The Balaban J connectivity index is -0.000000108. The summed E-state index contributed by atoms with van der Waals surface area (Å²) in [6, 6.07) is 0. The number of halogens is 2. The molecule has 20 heteroatoms. The van der Waals surface area contributed by atoms with E-state index < -0.39 is 37.3 Å². The maximum Gasteiger partial charge on any atom is 0.370 e. The zero-order valence-electron chi connectivity index (χ0n) is 30.3. The van der Waals surface area contributed by atoms with Crippen LogP contribution in [-0.4, -0.2) is 83.3 Å². The van der Waals surface area contributed by atoms with Crippen molar-refractivity contribution in [3.63, 3.8) is 0 Å². The van der Waals surface area contributed by atoms with E-state index in [1.807, 2.05) is 34.6 Å². The van der Waals surface area contributed by atoms with Crippen LogP contribution in [0.3, 0.4) is 0 Å². The quantitative estimate of drug-likeness (QED) is 0.162. The summed E-state index contributed by atoms with van der Waals surface area (Å²) in [5.41, 5.74) is -0.169. The van der Waals surface area contributed by atoms with E-state index in [1.165, 1.54) is 16.1 Å². The summed E-state index contributed by atoms with van der Waals surface area (Å²) in [6.07, 6.45) is 1.19. The second-order valence-corrected chi connectivity index (χ2v) is 23.7. The second kappa shape index (κ2) is 30.6. The Labute approximate surface area is 303 Å². The van der Waals surface area contributed by atoms with E-state index >= 15 is 0 Å². The van der Waals surface area contributed by atoms with E-state index in [1.54, 1.807) is 60.7 Å². The summed E-state index contributed by atoms with van der Waals surface area (Å²) in [5.74, 6) is 2.60. The molecule has 0 aromatic heterocycles. The third-order valence-corrected chi connectivity index (χ3v) is 11.4. The Kier molecular flexibility index (Phi) is 40.0. The van der Waals surface area contributed by atoms with Crippen molar-refractivity contribution < 1.29 is 82.0 Å². The van der Waals surface area contributed by atoms with Crippen LogP contribution in [0.2, 0.25) is 0 Å². The molecule has 0 N–H and O–H groups in total. The fourth-order valence-corrected chi connectivity index (χ4v) is 7.47. The Hall–Kier alpha value is 1.75. The van der Waals surface area contributed by atoms with Crippen molar-refractivity contribution in [1.29, 1.82) is 5.26 Å². The molecule has 5 atom stereocenters. The van der Waals surface area contributed by atoms with Crippen molar-refractivity contribution in [2.75, 3.05) is 66.4 Å². The Bertz CT molecular complexity index is 985. The van der Waals surface area contributed by atoms with Crippen molar-refractivity contribution in [1.82, 2.24) is 4.67 Å². The maximum absolute atomic E-state index is 12.5. The van der Waals surface area contributed by atoms with Crippen molar-refractivity contribution >= 4 is 48.6 Å². The van der Waals surface area contributed by atoms with Crippen LogP contribution in [0.25, 0.3) is 0 Å². The second-order valence-electron chi connectivity index (χ2n) is 11.0. The van der Waals surface area contributed by atoms with Crippen LogP contribution in [0.4, 0.5) is 8.39 Å². The Morgan fingerprint density at radius 3 is 1.47 bits per heavy atom. The molecule has 0 heterocycles. The Morgan fingerprint density at radius 1 is 0.889 bits per heavy atom. The molecule has 0 fully saturated rings. The third kappa shape index (κ3) is 52.7. The topological polar surface area (TPSA) is 149 Å². The van der Waals surface area contributed by atoms with Gasteiger partial charge in [-0.3, -0.25) is 18.3 Å². The molecule has 0 spiro atoms. The van der Waals surface area contributed by atoms with Gasteiger partial charge in [0.25, 0.3) is 6.57 Å². The monoisotopic (exact) mass is 847 g/mol. The zero-order chi connectivity index (χ0) is 36.6. The third-order valence-electron chi connectivity index (χ3n) is 3.98. The minimum atomic E-state index is -3.82. The first-order chi connectivity index (χ1) is 19.5. The minimum Gasteiger partial charge on any atom is -0.327 e. The molecule has 0 saturated heterocycles. The van der Waals surface area contributed by atoms with E-state index in [-0.39, 0.29) is 50.3 Å². The van der Waals surface area contributed by atoms with Gasteiger partial charge in [-0.2, -0.15) is 13.7 Å². The molecule has 0 aromatic carbocycles. The molecule has 0 saturated carbocycles. The SMILES string of the molecule is CC(C)OP(C)(=O)F.CC(OP(C)(=O)F)C(C)(C)C.CCCOP(=O)(C#N)N(C)C.CCCSP(C)(=O)OCC.C[PH](C)=O.[Y]. The van der Waals surface area contributed by atoms with Crippen LogP contribution in [0.5, 0.6) is 0 Å². The molecular weight excluding hydrogens is 786 g/mol. The molecule has 0 aliphatic carbocycles. The zero-order valence-corrected chi connectivity index (χ0v) is 38.5. The molecule has 1 radical (unpaired) electrons. The normalized spacial score (nSPS) is 16.8. The van der Waals surface area contributed by atoms with Gasteiger partial charge in [-0.05, 0) is 73.4 Å². The van der Waals surface area contributed by atoms with Gasteiger partial charge in [0, 0.05) is 58.5 Å². The molecule has 45 heavy (non-hydrogen) atoms. The van der Waals surface area contributed by atoms with Gasteiger partial charge in [0.2, 0.25) is 0 Å². The van der Waals surface area contributed by atoms with Gasteiger partial charge in [-0.15, -0.1) is 0 Å². The van der Waals surface area contributed by atoms with Gasteiger partial charge in [0.05, 0.1) is 33.2 Å². The van der Waals surface area contributed by atoms with Gasteiger partial charge in [0.15, 0.2) is 5.81 Å². The predicted octanol–water partition coefficient (Wildman–Crippen LogP) is 10.9. The summed E-state index contributed by atoms with van der Waals surface area (Å²) in [5, 5.41) is 8.50. The first-order valence-electron chi connectivity index (χ1n) is 14.0. The predicted molar refractivity (Wildman–Crippen MR) is 187 cm³/mol. The van der Waals surface area contributed by atoms with Crippen LogP contribution in [-0.2, 0) is 73.6 Å². The van der Waals surface area contributed by atoms with E-state index in [0.717, 1.165) is 31.9 Å². The van der Waals surface area contributed by atoms with Crippen LogP contribution >= 0.6 is 48.6 Å². The number of nitrogens with zero attached hydrogens (tertiary/aromatic N) is 2.